The Labute approximate surface area is 701 Å². The number of benzene rings is 11. The second-order valence-electron chi connectivity index (χ2n) is 30.0. The first-order valence-corrected chi connectivity index (χ1v) is 41.5. The average molecular weight is 1600 g/mol. The number of rotatable bonds is 23. The van der Waals surface area contributed by atoms with Gasteiger partial charge in [-0.15, -0.1) is 0 Å². The van der Waals surface area contributed by atoms with Crippen molar-refractivity contribution in [3.05, 3.63) is 296 Å². The van der Waals surface area contributed by atoms with E-state index >= 15 is 0 Å². The minimum absolute atomic E-state index is 0.0769. The number of aromatic nitrogens is 15. The van der Waals surface area contributed by atoms with Gasteiger partial charge in [0.05, 0.1) is 83.6 Å². The number of methoxy groups -OCH3 is 2. The molecule has 0 radical (unpaired) electrons. The smallest absolute Gasteiger partial charge is 0.159 e. The van der Waals surface area contributed by atoms with Crippen molar-refractivity contribution in [3.63, 3.8) is 0 Å². The summed E-state index contributed by atoms with van der Waals surface area (Å²) in [4.78, 5) is 43.9. The minimum Gasteiger partial charge on any atom is -0.497 e. The molecule has 0 spiro atoms. The largest absolute Gasteiger partial charge is 0.497 e. The summed E-state index contributed by atoms with van der Waals surface area (Å²) in [7, 11) is 3.35. The molecular formula is C100H96N18O3. The molecule has 0 unspecified atom stereocenters. The zero-order valence-electron chi connectivity index (χ0n) is 69.3. The van der Waals surface area contributed by atoms with Crippen LogP contribution in [0.5, 0.6) is 11.5 Å². The van der Waals surface area contributed by atoms with Crippen LogP contribution < -0.4 is 14.8 Å². The van der Waals surface area contributed by atoms with Gasteiger partial charge in [-0.3, -0.25) is 39.2 Å². The van der Waals surface area contributed by atoms with Gasteiger partial charge in [-0.1, -0.05) is 193 Å². The van der Waals surface area contributed by atoms with Crippen LogP contribution in [0.3, 0.4) is 0 Å². The van der Waals surface area contributed by atoms with Gasteiger partial charge < -0.3 is 34.8 Å². The lowest BCUT2D eigenvalue weighted by atomic mass is 9.99. The summed E-state index contributed by atoms with van der Waals surface area (Å²) in [6, 6.07) is 79.1. The third-order valence-corrected chi connectivity index (χ3v) is 22.7. The second-order valence-corrected chi connectivity index (χ2v) is 30.0. The van der Waals surface area contributed by atoms with Crippen molar-refractivity contribution in [1.29, 1.82) is 0 Å². The molecule has 121 heavy (non-hydrogen) atoms. The Balaban J connectivity index is 0.000000126. The summed E-state index contributed by atoms with van der Waals surface area (Å²) in [5.41, 5.74) is 23.1. The number of aromatic amines is 4. The Kier molecular flexibility index (Phi) is 23.6. The SMILES string of the molecule is CCN(CC)Cc1cccc2[nH]c(-c3n[nH]c4ccc(-c5cncc6ccccc56)cc34)nc12.CCN(CC)Cc1cccc2[nH]c(-c3nn(Cc4ccc(OC)cc4)c4ccc(-c5cncc6ccccc56)cc34)nc12.CCNCC.COc1ccc(Cn2nc(-c3nc4c(CO)cccc4[nH]3)c3cc(-c4cncc5ccccc45)ccc32)cc1. The van der Waals surface area contributed by atoms with E-state index in [0.29, 0.717) is 18.9 Å². The molecule has 0 fully saturated rings. The van der Waals surface area contributed by atoms with Gasteiger partial charge in [-0.25, -0.2) is 15.0 Å². The molecule has 11 aromatic carbocycles. The van der Waals surface area contributed by atoms with Crippen molar-refractivity contribution >= 4 is 98.1 Å². The van der Waals surface area contributed by atoms with Crippen molar-refractivity contribution in [3.8, 4) is 79.4 Å². The predicted molar refractivity (Wildman–Crippen MR) is 491 cm³/mol. The first-order valence-electron chi connectivity index (χ1n) is 41.5. The molecule has 0 saturated carbocycles. The van der Waals surface area contributed by atoms with Crippen LogP contribution in [0.4, 0.5) is 0 Å². The lowest BCUT2D eigenvalue weighted by Crippen LogP contribution is -2.22. The highest BCUT2D eigenvalue weighted by Crippen LogP contribution is 2.40. The van der Waals surface area contributed by atoms with Crippen LogP contribution in [0.15, 0.2) is 268 Å². The summed E-state index contributed by atoms with van der Waals surface area (Å²) in [6.07, 6.45) is 11.5. The standard InChI is InChI=1S/C36H34N6O.C32H25N5O2.C28H26N6.C4H11N/c1-4-41(5-2)23-27-10-8-12-32-34(27)39-36(38-32)35-30-19-25(31-21-37-20-26-9-6-7-11-29(26)31)15-18-33(30)42(40-35)22-24-13-16-28(43-3)17-14-24;1-39-24-12-9-20(10-13-24)18-37-29-14-11-21(27-17-33-16-22-5-2-3-7-25(22)27)15-26(29)31(36-37)32-34-28-8-4-6-23(19-38)30(28)35-32;1-3-34(4-2)17-20-9-7-11-25-26(20)31-28(30-25)27-22-14-18(12-13-24(22)32-33-27)23-16-29-15-19-8-5-6-10-21(19)23;1-3-5-4-2/h6-21H,4-5,22-23H2,1-3H3,(H,38,39);2-17,38H,18-19H2,1H3,(H,34,35);5-16H,3-4,17H2,1-2H3,(H,30,31)(H,32,33);5H,3-4H2,1-2H3. The summed E-state index contributed by atoms with van der Waals surface area (Å²) >= 11 is 0. The first kappa shape index (κ1) is 79.4. The molecule has 0 amide bonds. The highest BCUT2D eigenvalue weighted by atomic mass is 16.5. The van der Waals surface area contributed by atoms with E-state index in [-0.39, 0.29) is 6.61 Å². The van der Waals surface area contributed by atoms with Crippen molar-refractivity contribution in [2.45, 2.75) is 74.3 Å². The molecule has 6 N–H and O–H groups in total. The molecule has 21 nitrogen and oxygen atoms in total. The maximum absolute atomic E-state index is 9.85. The number of nitrogens with one attached hydrogen (secondary N) is 5. The number of hydrogen-bond acceptors (Lipinski definition) is 15. The van der Waals surface area contributed by atoms with Gasteiger partial charge in [-0.05, 0) is 173 Å². The number of hydrogen-bond donors (Lipinski definition) is 6. The summed E-state index contributed by atoms with van der Waals surface area (Å²) < 4.78 is 14.8. The predicted octanol–water partition coefficient (Wildman–Crippen LogP) is 20.8. The van der Waals surface area contributed by atoms with Crippen LogP contribution in [0.2, 0.25) is 0 Å². The van der Waals surface area contributed by atoms with Crippen LogP contribution in [-0.4, -0.2) is 143 Å². The van der Waals surface area contributed by atoms with Gasteiger partial charge in [0.2, 0.25) is 0 Å². The summed E-state index contributed by atoms with van der Waals surface area (Å²) in [5, 5.41) is 40.9. The van der Waals surface area contributed by atoms with Gasteiger partial charge in [0.1, 0.15) is 28.6 Å². The van der Waals surface area contributed by atoms with Crippen LogP contribution in [-0.2, 0) is 32.8 Å². The van der Waals surface area contributed by atoms with Crippen LogP contribution in [0, 0.1) is 0 Å². The minimum atomic E-state index is -0.0769. The Bertz CT molecular complexity index is 7010. The van der Waals surface area contributed by atoms with Crippen LogP contribution in [0.25, 0.3) is 166 Å². The normalized spacial score (nSPS) is 11.6. The van der Waals surface area contributed by atoms with Crippen LogP contribution >= 0.6 is 0 Å². The van der Waals surface area contributed by atoms with E-state index in [0.717, 1.165) is 230 Å². The van der Waals surface area contributed by atoms with Crippen molar-refractivity contribution in [2.75, 3.05) is 53.5 Å². The quantitative estimate of drug-likeness (QED) is 0.0349. The number of fused-ring (bicyclic) bond motifs is 9. The Hall–Kier alpha value is -14.1. The lowest BCUT2D eigenvalue weighted by molar-refractivity contribution is 0.283. The van der Waals surface area contributed by atoms with E-state index in [1.807, 2.05) is 103 Å². The zero-order chi connectivity index (χ0) is 82.9. The van der Waals surface area contributed by atoms with Gasteiger partial charge >= 0.3 is 0 Å². The van der Waals surface area contributed by atoms with E-state index < -0.39 is 0 Å². The molecule has 0 saturated heterocycles. The number of pyridine rings is 3. The maximum atomic E-state index is 9.85. The zero-order valence-corrected chi connectivity index (χ0v) is 69.3. The van der Waals surface area contributed by atoms with E-state index in [9.17, 15) is 5.11 Å². The molecule has 0 atom stereocenters. The van der Waals surface area contributed by atoms with Crippen molar-refractivity contribution < 1.29 is 14.6 Å². The Morgan fingerprint density at radius 1 is 0.372 bits per heavy atom. The fraction of sp³-hybridized carbons (Fsp3) is 0.190. The molecule has 21 heteroatoms. The van der Waals surface area contributed by atoms with Crippen molar-refractivity contribution in [1.82, 2.24) is 89.7 Å². The third kappa shape index (κ3) is 16.5. The number of imidazole rings is 3. The highest BCUT2D eigenvalue weighted by Gasteiger charge is 2.24. The third-order valence-electron chi connectivity index (χ3n) is 22.7. The molecule has 20 aromatic rings. The number of ether oxygens (including phenoxy) is 2. The highest BCUT2D eigenvalue weighted by molar-refractivity contribution is 6.05. The molecule has 9 heterocycles. The van der Waals surface area contributed by atoms with E-state index in [1.54, 1.807) is 14.2 Å². The molecule has 0 aliphatic carbocycles. The molecule has 0 aliphatic rings. The molecule has 9 aromatic heterocycles. The van der Waals surface area contributed by atoms with Gasteiger partial charge in [0.25, 0.3) is 0 Å². The molecule has 20 rings (SSSR count). The van der Waals surface area contributed by atoms with Gasteiger partial charge in [0, 0.05) is 105 Å². The number of nitrogens with zero attached hydrogens (tertiary/aromatic N) is 13. The van der Waals surface area contributed by atoms with Gasteiger partial charge in [-0.2, -0.15) is 15.3 Å². The number of para-hydroxylation sites is 3. The Morgan fingerprint density at radius 3 is 1.14 bits per heavy atom. The molecule has 604 valence electrons. The van der Waals surface area contributed by atoms with E-state index in [2.05, 4.69) is 271 Å². The van der Waals surface area contributed by atoms with E-state index in [4.69, 9.17) is 34.6 Å². The molecule has 0 aliphatic heterocycles. The Morgan fingerprint density at radius 2 is 0.752 bits per heavy atom. The fourth-order valence-electron chi connectivity index (χ4n) is 16.1. The average Bonchev–Trinajstić information content (AvgIpc) is 1.64. The number of aliphatic hydroxyl groups excluding tert-OH is 1. The van der Waals surface area contributed by atoms with Crippen LogP contribution in [0.1, 0.15) is 69.4 Å². The molecular weight excluding hydrogens is 1500 g/mol. The first-order chi connectivity index (χ1) is 59.5. The monoisotopic (exact) mass is 1600 g/mol. The van der Waals surface area contributed by atoms with Gasteiger partial charge in [0.15, 0.2) is 17.5 Å². The fourth-order valence-corrected chi connectivity index (χ4v) is 16.1. The lowest BCUT2D eigenvalue weighted by Gasteiger charge is -2.17. The summed E-state index contributed by atoms with van der Waals surface area (Å²) in [6.45, 7) is 22.1. The van der Waals surface area contributed by atoms with E-state index in [1.165, 1.54) is 21.9 Å². The molecule has 0 bridgehead atoms. The van der Waals surface area contributed by atoms with Crippen molar-refractivity contribution in [2.24, 2.45) is 0 Å². The maximum Gasteiger partial charge on any atom is 0.159 e. The number of aliphatic hydroxyl groups is 1. The topological polar surface area (TPSA) is 246 Å². The second kappa shape index (κ2) is 36.0. The summed E-state index contributed by atoms with van der Waals surface area (Å²) in [5.74, 6) is 3.87. The number of H-pyrrole nitrogens is 4.